The molecule has 0 aromatic heterocycles. The van der Waals surface area contributed by atoms with Crippen LogP contribution in [0.25, 0.3) is 0 Å². The normalized spacial score (nSPS) is 29.3. The maximum absolute atomic E-state index is 13.3. The van der Waals surface area contributed by atoms with Gasteiger partial charge in [-0.3, -0.25) is 14.5 Å². The van der Waals surface area contributed by atoms with E-state index in [9.17, 15) is 24.2 Å². The van der Waals surface area contributed by atoms with Crippen molar-refractivity contribution in [2.75, 3.05) is 26.2 Å². The van der Waals surface area contributed by atoms with Crippen molar-refractivity contribution >= 4 is 39.2 Å². The van der Waals surface area contributed by atoms with Gasteiger partial charge in [-0.05, 0) is 18.2 Å². The number of carboxylic acids is 1. The van der Waals surface area contributed by atoms with Gasteiger partial charge in [0.05, 0.1) is 6.54 Å². The second-order valence-corrected chi connectivity index (χ2v) is 6.88. The molecule has 2 rings (SSSR count). The van der Waals surface area contributed by atoms with Crippen molar-refractivity contribution in [2.45, 2.75) is 11.0 Å². The zero-order valence-corrected chi connectivity index (χ0v) is 14.4. The minimum atomic E-state index is -2.07. The monoisotopic (exact) mass is 380 g/mol. The predicted octanol–water partition coefficient (Wildman–Crippen LogP) is -1.06. The average Bonchev–Trinajstić information content (AvgIpc) is 2.42. The fraction of sp³-hybridized carbons (Fsp3) is 0.467. The number of nitrogens with one attached hydrogen (secondary N) is 1. The van der Waals surface area contributed by atoms with Gasteiger partial charge in [0, 0.05) is 47.1 Å². The molecule has 1 saturated heterocycles. The Morgan fingerprint density at radius 3 is 2.35 bits per heavy atom. The van der Waals surface area contributed by atoms with Gasteiger partial charge in [0.2, 0.25) is 0 Å². The highest BCUT2D eigenvalue weighted by atomic mass is 35.5. The van der Waals surface area contributed by atoms with Gasteiger partial charge in [-0.25, -0.2) is 4.39 Å². The topological polar surface area (TPSA) is 110 Å². The molecule has 136 valence electrons. The second kappa shape index (κ2) is 7.56. The summed E-state index contributed by atoms with van der Waals surface area (Å²) in [5.74, 6) is -3.78. The van der Waals surface area contributed by atoms with E-state index in [1.54, 1.807) is 0 Å². The molecule has 4 N–H and O–H groups in total. The van der Waals surface area contributed by atoms with Crippen molar-refractivity contribution in [3.05, 3.63) is 34.6 Å². The van der Waals surface area contributed by atoms with Gasteiger partial charge in [0.15, 0.2) is 0 Å². The summed E-state index contributed by atoms with van der Waals surface area (Å²) in [4.78, 5) is 24.2. The van der Waals surface area contributed by atoms with Crippen LogP contribution in [0.2, 0.25) is 5.02 Å². The lowest BCUT2D eigenvalue weighted by molar-refractivity contribution is -0.144. The molecule has 1 aliphatic rings. The first-order valence-corrected chi connectivity index (χ1v) is 7.99. The van der Waals surface area contributed by atoms with E-state index in [1.807, 2.05) is 0 Å². The molecule has 1 heterocycles. The third kappa shape index (κ3) is 4.97. The summed E-state index contributed by atoms with van der Waals surface area (Å²) in [5, 5.41) is 32.1. The smallest absolute Gasteiger partial charge is 0.317 e. The molecule has 11 heteroatoms. The van der Waals surface area contributed by atoms with Gasteiger partial charge >= 0.3 is 5.97 Å². The zero-order chi connectivity index (χ0) is 19.7. The molecule has 1 amide bonds. The number of rotatable bonds is 5. The second-order valence-electron chi connectivity index (χ2n) is 6.44. The number of β-amino-alcohol motifs (C(OH)–C–C–N with tert-alkyl or cyclic N) is 2. The Balaban J connectivity index is 2.10. The van der Waals surface area contributed by atoms with Crippen LogP contribution >= 0.6 is 11.6 Å². The molecular weight excluding hydrogens is 364 g/mol. The highest BCUT2D eigenvalue weighted by Crippen LogP contribution is 2.31. The van der Waals surface area contributed by atoms with Crippen molar-refractivity contribution in [2.24, 2.45) is 5.92 Å². The summed E-state index contributed by atoms with van der Waals surface area (Å²) in [6.07, 6.45) is 0. The maximum Gasteiger partial charge on any atom is 0.317 e. The van der Waals surface area contributed by atoms with Gasteiger partial charge in [-0.2, -0.15) is 0 Å². The Labute approximate surface area is 156 Å². The summed E-state index contributed by atoms with van der Waals surface area (Å²) in [5.41, 5.74) is -4.19. The van der Waals surface area contributed by atoms with Crippen LogP contribution in [0.4, 0.5) is 4.39 Å². The summed E-state index contributed by atoms with van der Waals surface area (Å²) >= 11 is 5.70. The summed E-state index contributed by atoms with van der Waals surface area (Å²) in [6, 6.07) is 3.26. The lowest BCUT2D eigenvalue weighted by Gasteiger charge is -2.51. The third-order valence-corrected chi connectivity index (χ3v) is 4.33. The molecule has 0 aliphatic carbocycles. The van der Waals surface area contributed by atoms with Gasteiger partial charge in [0.1, 0.15) is 21.5 Å². The van der Waals surface area contributed by atoms with Crippen molar-refractivity contribution < 1.29 is 29.3 Å². The lowest BCUT2D eigenvalue weighted by atomic mass is 9.55. The van der Waals surface area contributed by atoms with Crippen LogP contribution in [-0.2, 0) is 4.79 Å². The number of likely N-dealkylation sites (tertiary alicyclic amines) is 1. The number of hydrogen-bond acceptors (Lipinski definition) is 5. The quantitative estimate of drug-likeness (QED) is 0.485. The van der Waals surface area contributed by atoms with Gasteiger partial charge in [-0.15, -0.1) is 0 Å². The number of aliphatic hydroxyl groups is 2. The zero-order valence-electron chi connectivity index (χ0n) is 13.7. The number of halogens is 2. The summed E-state index contributed by atoms with van der Waals surface area (Å²) < 4.78 is 13.3. The largest absolute Gasteiger partial charge is 0.480 e. The van der Waals surface area contributed by atoms with Crippen molar-refractivity contribution in [3.63, 3.8) is 0 Å². The molecule has 1 aromatic rings. The minimum Gasteiger partial charge on any atom is -0.480 e. The Morgan fingerprint density at radius 2 is 1.85 bits per heavy atom. The molecule has 1 aromatic carbocycles. The van der Waals surface area contributed by atoms with Gasteiger partial charge in [0.25, 0.3) is 5.91 Å². The highest BCUT2D eigenvalue weighted by molar-refractivity contribution is 6.31. The summed E-state index contributed by atoms with van der Waals surface area (Å²) in [7, 11) is 11.6. The molecule has 26 heavy (non-hydrogen) atoms. The molecule has 0 saturated carbocycles. The van der Waals surface area contributed by atoms with Crippen LogP contribution in [0.15, 0.2) is 18.2 Å². The van der Waals surface area contributed by atoms with E-state index < -0.39 is 41.2 Å². The number of benzene rings is 1. The number of amides is 1. The van der Waals surface area contributed by atoms with Crippen molar-refractivity contribution in [1.82, 2.24) is 10.2 Å². The Hall–Kier alpha value is -1.61. The number of aliphatic carboxylic acids is 1. The average molecular weight is 380 g/mol. The van der Waals surface area contributed by atoms with E-state index >= 15 is 0 Å². The molecular formula is C15H16B2ClFN2O5. The number of nitrogens with zero attached hydrogens (tertiary/aromatic N) is 1. The number of carboxylic acid groups (broad SMARTS) is 1. The van der Waals surface area contributed by atoms with Crippen LogP contribution in [0.3, 0.4) is 0 Å². The highest BCUT2D eigenvalue weighted by Gasteiger charge is 2.49. The van der Waals surface area contributed by atoms with Gasteiger partial charge in [-0.1, -0.05) is 11.6 Å². The van der Waals surface area contributed by atoms with Crippen LogP contribution in [0.5, 0.6) is 0 Å². The number of carbonyl (C=O) groups excluding carboxylic acids is 1. The third-order valence-electron chi connectivity index (χ3n) is 4.11. The lowest BCUT2D eigenvalue weighted by Crippen LogP contribution is -2.69. The Bertz CT molecular complexity index is 681. The SMILES string of the molecule is [B]C1(O)CN(CC(=O)O)CC([B])(O)C1CNC(=O)c1cc(F)cc(Cl)c1. The van der Waals surface area contributed by atoms with Crippen LogP contribution < -0.4 is 5.32 Å². The first-order valence-electron chi connectivity index (χ1n) is 7.61. The molecule has 7 nitrogen and oxygen atoms in total. The molecule has 1 fully saturated rings. The molecule has 2 unspecified atom stereocenters. The fourth-order valence-corrected chi connectivity index (χ4v) is 3.29. The van der Waals surface area contributed by atoms with Crippen LogP contribution in [0.1, 0.15) is 10.4 Å². The molecule has 0 bridgehead atoms. The van der Waals surface area contributed by atoms with E-state index in [1.165, 1.54) is 11.0 Å². The maximum atomic E-state index is 13.3. The number of hydrogen-bond donors (Lipinski definition) is 4. The van der Waals surface area contributed by atoms with E-state index in [-0.39, 0.29) is 30.2 Å². The fourth-order valence-electron chi connectivity index (χ4n) is 3.06. The Morgan fingerprint density at radius 1 is 1.27 bits per heavy atom. The van der Waals surface area contributed by atoms with E-state index in [4.69, 9.17) is 32.4 Å². The van der Waals surface area contributed by atoms with E-state index in [0.29, 0.717) is 0 Å². The van der Waals surface area contributed by atoms with E-state index in [2.05, 4.69) is 5.32 Å². The number of piperidine rings is 1. The van der Waals surface area contributed by atoms with Crippen molar-refractivity contribution in [3.8, 4) is 0 Å². The van der Waals surface area contributed by atoms with Gasteiger partial charge < -0.3 is 20.6 Å². The number of carbonyl (C=O) groups is 2. The molecule has 2 atom stereocenters. The minimum absolute atomic E-state index is 0.0304. The van der Waals surface area contributed by atoms with Crippen molar-refractivity contribution in [1.29, 1.82) is 0 Å². The molecule has 1 aliphatic heterocycles. The predicted molar refractivity (Wildman–Crippen MR) is 92.7 cm³/mol. The standard InChI is InChI=1S/C15H16B2ClFN2O5/c16-14(25)6-21(5-12(22)23)7-15(17,26)11(14)4-20-13(24)8-1-9(18)3-10(19)2-8/h1-3,11,25-26H,4-7H2,(H,20,24)(H,22,23). The summed E-state index contributed by atoms with van der Waals surface area (Å²) in [6.45, 7) is -1.34. The van der Waals surface area contributed by atoms with Crippen LogP contribution in [0, 0.1) is 11.7 Å². The molecule has 0 spiro atoms. The first kappa shape index (κ1) is 20.7. The molecule has 4 radical (unpaired) electrons. The first-order chi connectivity index (χ1) is 11.9. The Kier molecular flexibility index (Phi) is 6.02. The van der Waals surface area contributed by atoms with E-state index in [0.717, 1.165) is 12.1 Å². The van der Waals surface area contributed by atoms with Crippen LogP contribution in [-0.4, -0.2) is 85.0 Å².